The van der Waals surface area contributed by atoms with Crippen molar-refractivity contribution in [2.75, 3.05) is 14.2 Å². The Kier molecular flexibility index (Phi) is 3.76. The largest absolute Gasteiger partial charge is 0.497 e. The van der Waals surface area contributed by atoms with E-state index >= 15 is 0 Å². The summed E-state index contributed by atoms with van der Waals surface area (Å²) in [6.07, 6.45) is 9.18. The molecular weight excluding hydrogens is 284 g/mol. The first-order valence-electron chi connectivity index (χ1n) is 9.15. The molecule has 2 heteroatoms. The molecule has 0 aliphatic heterocycles. The molecule has 3 atom stereocenters. The Labute approximate surface area is 139 Å². The maximum Gasteiger partial charge on any atom is 0.119 e. The second-order valence-electron chi connectivity index (χ2n) is 7.47. The highest BCUT2D eigenvalue weighted by Gasteiger charge is 2.52. The van der Waals surface area contributed by atoms with E-state index in [2.05, 4.69) is 25.1 Å². The van der Waals surface area contributed by atoms with Gasteiger partial charge in [0.1, 0.15) is 5.75 Å². The van der Waals surface area contributed by atoms with Gasteiger partial charge in [-0.25, -0.2) is 0 Å². The van der Waals surface area contributed by atoms with Gasteiger partial charge in [0.15, 0.2) is 0 Å². The van der Waals surface area contributed by atoms with E-state index in [4.69, 9.17) is 9.47 Å². The Morgan fingerprint density at radius 2 is 2.00 bits per heavy atom. The molecule has 1 fully saturated rings. The normalized spacial score (nSPS) is 32.3. The van der Waals surface area contributed by atoms with Gasteiger partial charge in [-0.1, -0.05) is 18.6 Å². The molecule has 0 heterocycles. The fraction of sp³-hybridized carbons (Fsp3) is 0.619. The Morgan fingerprint density at radius 3 is 2.74 bits per heavy atom. The third kappa shape index (κ3) is 2.11. The van der Waals surface area contributed by atoms with Gasteiger partial charge in [-0.05, 0) is 79.7 Å². The van der Waals surface area contributed by atoms with Crippen molar-refractivity contribution in [1.82, 2.24) is 0 Å². The molecule has 0 amide bonds. The smallest absolute Gasteiger partial charge is 0.119 e. The maximum absolute atomic E-state index is 5.92. The molecule has 1 aromatic carbocycles. The van der Waals surface area contributed by atoms with Crippen LogP contribution in [0.5, 0.6) is 5.75 Å². The minimum Gasteiger partial charge on any atom is -0.497 e. The van der Waals surface area contributed by atoms with Crippen LogP contribution in [0.25, 0.3) is 5.57 Å². The Balaban J connectivity index is 1.77. The van der Waals surface area contributed by atoms with Crippen LogP contribution in [0.4, 0.5) is 0 Å². The molecule has 1 aromatic rings. The van der Waals surface area contributed by atoms with Gasteiger partial charge in [-0.15, -0.1) is 0 Å². The molecule has 1 saturated carbocycles. The molecule has 0 N–H and O–H groups in total. The Morgan fingerprint density at radius 1 is 1.13 bits per heavy atom. The molecule has 2 nitrogen and oxygen atoms in total. The van der Waals surface area contributed by atoms with Crippen LogP contribution in [0.15, 0.2) is 23.8 Å². The van der Waals surface area contributed by atoms with Crippen LogP contribution in [0, 0.1) is 11.3 Å². The topological polar surface area (TPSA) is 18.5 Å². The first kappa shape index (κ1) is 15.3. The summed E-state index contributed by atoms with van der Waals surface area (Å²) in [5, 5.41) is 0. The van der Waals surface area contributed by atoms with Crippen molar-refractivity contribution >= 4 is 5.57 Å². The minimum absolute atomic E-state index is 0.400. The van der Waals surface area contributed by atoms with Gasteiger partial charge in [0.25, 0.3) is 0 Å². The third-order valence-corrected chi connectivity index (χ3v) is 6.95. The van der Waals surface area contributed by atoms with Gasteiger partial charge >= 0.3 is 0 Å². The van der Waals surface area contributed by atoms with E-state index in [-0.39, 0.29) is 0 Å². The lowest BCUT2D eigenvalue weighted by Crippen LogP contribution is -2.40. The molecule has 23 heavy (non-hydrogen) atoms. The molecule has 0 saturated heterocycles. The fourth-order valence-electron chi connectivity index (χ4n) is 5.81. The zero-order valence-corrected chi connectivity index (χ0v) is 14.7. The highest BCUT2D eigenvalue weighted by molar-refractivity contribution is 5.75. The Bertz CT molecular complexity index is 645. The molecule has 0 radical (unpaired) electrons. The average molecular weight is 312 g/mol. The maximum atomic E-state index is 5.92. The minimum atomic E-state index is 0.400. The van der Waals surface area contributed by atoms with Crippen LogP contribution in [0.3, 0.4) is 0 Å². The molecule has 4 rings (SSSR count). The van der Waals surface area contributed by atoms with Gasteiger partial charge < -0.3 is 9.47 Å². The van der Waals surface area contributed by atoms with Crippen molar-refractivity contribution in [3.8, 4) is 5.75 Å². The van der Waals surface area contributed by atoms with Crippen LogP contribution in [0.1, 0.15) is 56.6 Å². The first-order chi connectivity index (χ1) is 11.2. The highest BCUT2D eigenvalue weighted by Crippen LogP contribution is 2.60. The molecule has 0 spiro atoms. The SMILES string of the molecule is CC[C@]12CCC3=C(CCc4cc(OC)ccc43)[C@@H]1CC[C@@H]2OC. The summed E-state index contributed by atoms with van der Waals surface area (Å²) in [6, 6.07) is 6.67. The van der Waals surface area contributed by atoms with Crippen molar-refractivity contribution in [3.63, 3.8) is 0 Å². The predicted octanol–water partition coefficient (Wildman–Crippen LogP) is 5.01. The van der Waals surface area contributed by atoms with Crippen LogP contribution in [-0.2, 0) is 11.2 Å². The molecule has 3 aliphatic rings. The molecule has 0 unspecified atom stereocenters. The van der Waals surface area contributed by atoms with Gasteiger partial charge in [0, 0.05) is 12.5 Å². The van der Waals surface area contributed by atoms with Crippen molar-refractivity contribution in [1.29, 1.82) is 0 Å². The predicted molar refractivity (Wildman–Crippen MR) is 93.7 cm³/mol. The van der Waals surface area contributed by atoms with E-state index in [1.807, 2.05) is 7.11 Å². The quantitative estimate of drug-likeness (QED) is 0.781. The number of ether oxygens (including phenoxy) is 2. The number of benzene rings is 1. The van der Waals surface area contributed by atoms with E-state index in [1.165, 1.54) is 56.1 Å². The van der Waals surface area contributed by atoms with E-state index in [0.29, 0.717) is 11.5 Å². The second kappa shape index (κ2) is 5.66. The molecule has 0 aromatic heterocycles. The Hall–Kier alpha value is -1.28. The number of allylic oxidation sites excluding steroid dienone is 2. The van der Waals surface area contributed by atoms with E-state index in [0.717, 1.165) is 11.7 Å². The number of hydrogen-bond acceptors (Lipinski definition) is 2. The van der Waals surface area contributed by atoms with Crippen LogP contribution >= 0.6 is 0 Å². The van der Waals surface area contributed by atoms with Crippen molar-refractivity contribution in [3.05, 3.63) is 34.9 Å². The lowest BCUT2D eigenvalue weighted by molar-refractivity contribution is -0.0146. The van der Waals surface area contributed by atoms with Gasteiger partial charge in [0.2, 0.25) is 0 Å². The van der Waals surface area contributed by atoms with E-state index < -0.39 is 0 Å². The van der Waals surface area contributed by atoms with Gasteiger partial charge in [-0.3, -0.25) is 0 Å². The summed E-state index contributed by atoms with van der Waals surface area (Å²) in [5.74, 6) is 1.74. The third-order valence-electron chi connectivity index (χ3n) is 6.95. The number of aryl methyl sites for hydroxylation is 1. The van der Waals surface area contributed by atoms with Gasteiger partial charge in [-0.2, -0.15) is 0 Å². The second-order valence-corrected chi connectivity index (χ2v) is 7.47. The monoisotopic (exact) mass is 312 g/mol. The zero-order chi connectivity index (χ0) is 16.0. The number of hydrogen-bond donors (Lipinski definition) is 0. The fourth-order valence-corrected chi connectivity index (χ4v) is 5.81. The average Bonchev–Trinajstić information content (AvgIpc) is 2.99. The van der Waals surface area contributed by atoms with Crippen molar-refractivity contribution in [2.24, 2.45) is 11.3 Å². The first-order valence-corrected chi connectivity index (χ1v) is 9.15. The van der Waals surface area contributed by atoms with E-state index in [9.17, 15) is 0 Å². The summed E-state index contributed by atoms with van der Waals surface area (Å²) in [5.41, 5.74) is 6.79. The van der Waals surface area contributed by atoms with Crippen LogP contribution in [-0.4, -0.2) is 20.3 Å². The van der Waals surface area contributed by atoms with Gasteiger partial charge in [0.05, 0.1) is 13.2 Å². The van der Waals surface area contributed by atoms with Crippen molar-refractivity contribution in [2.45, 2.75) is 58.0 Å². The lowest BCUT2D eigenvalue weighted by atomic mass is 9.60. The number of methoxy groups -OCH3 is 2. The van der Waals surface area contributed by atoms with Crippen LogP contribution < -0.4 is 4.74 Å². The summed E-state index contributed by atoms with van der Waals surface area (Å²) < 4.78 is 11.3. The zero-order valence-electron chi connectivity index (χ0n) is 14.7. The summed E-state index contributed by atoms with van der Waals surface area (Å²) in [7, 11) is 3.67. The molecular formula is C21H28O2. The molecule has 124 valence electrons. The molecule has 0 bridgehead atoms. The summed E-state index contributed by atoms with van der Waals surface area (Å²) in [6.45, 7) is 2.37. The summed E-state index contributed by atoms with van der Waals surface area (Å²) >= 11 is 0. The standard InChI is InChI=1S/C21H28O2/c1-4-21-12-11-17-16-8-6-15(22-2)13-14(16)5-7-18(17)19(21)9-10-20(21)23-3/h6,8,13,19-20H,4-5,7,9-12H2,1-3H3/t19-,20-,21-/m0/s1. The summed E-state index contributed by atoms with van der Waals surface area (Å²) in [4.78, 5) is 0. The highest BCUT2D eigenvalue weighted by atomic mass is 16.5. The number of fused-ring (bicyclic) bond motifs is 4. The molecule has 3 aliphatic carbocycles. The van der Waals surface area contributed by atoms with Crippen LogP contribution in [0.2, 0.25) is 0 Å². The van der Waals surface area contributed by atoms with E-state index in [1.54, 1.807) is 18.3 Å². The van der Waals surface area contributed by atoms with Crippen molar-refractivity contribution < 1.29 is 9.47 Å². The number of rotatable bonds is 3. The lowest BCUT2D eigenvalue weighted by Gasteiger charge is -2.46.